The Labute approximate surface area is 148 Å². The zero-order chi connectivity index (χ0) is 17.5. The van der Waals surface area contributed by atoms with Crippen molar-refractivity contribution >= 4 is 22.5 Å². The molecule has 0 amide bonds. The van der Waals surface area contributed by atoms with Crippen molar-refractivity contribution in [3.05, 3.63) is 54.2 Å². The third kappa shape index (κ3) is 4.59. The second kappa shape index (κ2) is 8.33. The zero-order valence-electron chi connectivity index (χ0n) is 14.5. The summed E-state index contributed by atoms with van der Waals surface area (Å²) in [6.07, 6.45) is 4.81. The lowest BCUT2D eigenvalue weighted by Crippen LogP contribution is -2.09. The number of hydrogen-bond donors (Lipinski definition) is 2. The molecule has 0 aliphatic heterocycles. The van der Waals surface area contributed by atoms with Gasteiger partial charge < -0.3 is 15.8 Å². The molecule has 0 saturated carbocycles. The molecule has 0 unspecified atom stereocenters. The van der Waals surface area contributed by atoms with E-state index in [1.54, 1.807) is 0 Å². The lowest BCUT2D eigenvalue weighted by atomic mass is 10.1. The van der Waals surface area contributed by atoms with Gasteiger partial charge in [-0.15, -0.1) is 0 Å². The molecule has 0 spiro atoms. The van der Waals surface area contributed by atoms with Crippen molar-refractivity contribution in [2.45, 2.75) is 26.2 Å². The molecule has 5 nitrogen and oxygen atoms in total. The first-order chi connectivity index (χ1) is 12.3. The molecule has 3 N–H and O–H groups in total. The predicted molar refractivity (Wildman–Crippen MR) is 103 cm³/mol. The van der Waals surface area contributed by atoms with E-state index in [-0.39, 0.29) is 0 Å². The maximum absolute atomic E-state index is 6.14. The Hall–Kier alpha value is -2.82. The van der Waals surface area contributed by atoms with E-state index in [1.807, 2.05) is 48.7 Å². The molecule has 0 saturated heterocycles. The normalized spacial score (nSPS) is 10.8. The van der Waals surface area contributed by atoms with Crippen molar-refractivity contribution < 1.29 is 4.74 Å². The van der Waals surface area contributed by atoms with Gasteiger partial charge >= 0.3 is 0 Å². The van der Waals surface area contributed by atoms with Crippen LogP contribution in [-0.2, 0) is 6.42 Å². The quantitative estimate of drug-likeness (QED) is 0.480. The molecule has 3 rings (SSSR count). The smallest absolute Gasteiger partial charge is 0.223 e. The molecule has 0 radical (unpaired) electrons. The summed E-state index contributed by atoms with van der Waals surface area (Å²) in [5, 5.41) is 4.30. The van der Waals surface area contributed by atoms with Gasteiger partial charge in [0.05, 0.1) is 12.1 Å². The number of benzene rings is 2. The van der Waals surface area contributed by atoms with Crippen LogP contribution < -0.4 is 15.8 Å². The maximum atomic E-state index is 6.14. The van der Waals surface area contributed by atoms with Gasteiger partial charge in [0.1, 0.15) is 5.75 Å². The van der Waals surface area contributed by atoms with Gasteiger partial charge in [0, 0.05) is 29.9 Å². The van der Waals surface area contributed by atoms with E-state index in [0.717, 1.165) is 60.3 Å². The lowest BCUT2D eigenvalue weighted by molar-refractivity contribution is 0.309. The van der Waals surface area contributed by atoms with E-state index in [0.29, 0.717) is 5.95 Å². The Bertz CT molecular complexity index is 835. The van der Waals surface area contributed by atoms with Gasteiger partial charge in [-0.05, 0) is 30.5 Å². The Balaban J connectivity index is 1.55. The number of rotatable bonds is 8. The van der Waals surface area contributed by atoms with Crippen molar-refractivity contribution in [3.8, 4) is 5.75 Å². The average Bonchev–Trinajstić information content (AvgIpc) is 2.63. The molecular formula is C20H24N4O. The van der Waals surface area contributed by atoms with Crippen LogP contribution in [0.1, 0.15) is 25.3 Å². The molecule has 2 aromatic carbocycles. The number of aromatic nitrogens is 2. The van der Waals surface area contributed by atoms with Crippen LogP contribution in [0.25, 0.3) is 10.9 Å². The largest absolute Gasteiger partial charge is 0.494 e. The van der Waals surface area contributed by atoms with E-state index < -0.39 is 0 Å². The highest BCUT2D eigenvalue weighted by Gasteiger charge is 2.04. The van der Waals surface area contributed by atoms with Crippen LogP contribution in [-0.4, -0.2) is 23.1 Å². The van der Waals surface area contributed by atoms with Crippen molar-refractivity contribution in [1.82, 2.24) is 9.97 Å². The van der Waals surface area contributed by atoms with E-state index >= 15 is 0 Å². The number of nitrogen functional groups attached to an aromatic ring is 1. The van der Waals surface area contributed by atoms with Gasteiger partial charge in [-0.1, -0.05) is 37.6 Å². The first kappa shape index (κ1) is 17.0. The molecule has 130 valence electrons. The Morgan fingerprint density at radius 1 is 1.16 bits per heavy atom. The molecule has 5 heteroatoms. The molecule has 3 aromatic rings. The van der Waals surface area contributed by atoms with Crippen LogP contribution in [0.2, 0.25) is 0 Å². The number of nitrogens with zero attached hydrogens (tertiary/aromatic N) is 2. The van der Waals surface area contributed by atoms with Gasteiger partial charge in [0.15, 0.2) is 0 Å². The van der Waals surface area contributed by atoms with E-state index in [2.05, 4.69) is 22.2 Å². The van der Waals surface area contributed by atoms with E-state index in [4.69, 9.17) is 10.5 Å². The standard InChI is InChI=1S/C20H24N4O/c1-2-3-12-25-17-9-8-15(18(21)13-17)10-11-22-20-23-14-16-6-4-5-7-19(16)24-20/h4-9,13-14H,2-3,10-12,21H2,1H3,(H,22,23,24). The second-order valence-electron chi connectivity index (χ2n) is 5.99. The average molecular weight is 336 g/mol. The topological polar surface area (TPSA) is 73.1 Å². The van der Waals surface area contributed by atoms with Crippen molar-refractivity contribution in [2.24, 2.45) is 0 Å². The van der Waals surface area contributed by atoms with E-state index in [9.17, 15) is 0 Å². The summed E-state index contributed by atoms with van der Waals surface area (Å²) in [5.41, 5.74) is 8.93. The fraction of sp³-hybridized carbons (Fsp3) is 0.300. The van der Waals surface area contributed by atoms with Crippen LogP contribution in [0, 0.1) is 0 Å². The highest BCUT2D eigenvalue weighted by atomic mass is 16.5. The lowest BCUT2D eigenvalue weighted by Gasteiger charge is -2.10. The Morgan fingerprint density at radius 2 is 2.04 bits per heavy atom. The second-order valence-corrected chi connectivity index (χ2v) is 5.99. The highest BCUT2D eigenvalue weighted by Crippen LogP contribution is 2.21. The van der Waals surface area contributed by atoms with Crippen molar-refractivity contribution in [1.29, 1.82) is 0 Å². The molecule has 25 heavy (non-hydrogen) atoms. The molecule has 0 aliphatic carbocycles. The fourth-order valence-corrected chi connectivity index (χ4v) is 2.59. The minimum absolute atomic E-state index is 0.636. The number of anilines is 2. The summed E-state index contributed by atoms with van der Waals surface area (Å²) in [5.74, 6) is 1.47. The molecular weight excluding hydrogens is 312 g/mol. The first-order valence-corrected chi connectivity index (χ1v) is 8.73. The van der Waals surface area contributed by atoms with Crippen LogP contribution in [0.4, 0.5) is 11.6 Å². The van der Waals surface area contributed by atoms with Gasteiger partial charge in [-0.2, -0.15) is 0 Å². The number of unbranched alkanes of at least 4 members (excludes halogenated alkanes) is 1. The Morgan fingerprint density at radius 3 is 2.88 bits per heavy atom. The van der Waals surface area contributed by atoms with Crippen LogP contribution in [0.5, 0.6) is 5.75 Å². The number of nitrogens with one attached hydrogen (secondary N) is 1. The monoisotopic (exact) mass is 336 g/mol. The summed E-state index contributed by atoms with van der Waals surface area (Å²) in [7, 11) is 0. The third-order valence-corrected chi connectivity index (χ3v) is 4.05. The highest BCUT2D eigenvalue weighted by molar-refractivity contribution is 5.78. The molecule has 1 heterocycles. The Kier molecular flexibility index (Phi) is 5.67. The van der Waals surface area contributed by atoms with Crippen LogP contribution >= 0.6 is 0 Å². The number of nitrogens with two attached hydrogens (primary N) is 1. The minimum Gasteiger partial charge on any atom is -0.494 e. The maximum Gasteiger partial charge on any atom is 0.223 e. The van der Waals surface area contributed by atoms with Gasteiger partial charge in [-0.3, -0.25) is 0 Å². The summed E-state index contributed by atoms with van der Waals surface area (Å²) < 4.78 is 5.68. The molecule has 0 fully saturated rings. The van der Waals surface area contributed by atoms with Gasteiger partial charge in [0.25, 0.3) is 0 Å². The van der Waals surface area contributed by atoms with Crippen molar-refractivity contribution in [3.63, 3.8) is 0 Å². The first-order valence-electron chi connectivity index (χ1n) is 8.73. The van der Waals surface area contributed by atoms with Crippen LogP contribution in [0.15, 0.2) is 48.7 Å². The molecule has 1 aromatic heterocycles. The number of para-hydroxylation sites is 1. The predicted octanol–water partition coefficient (Wildman–Crippen LogP) is 4.05. The summed E-state index contributed by atoms with van der Waals surface area (Å²) >= 11 is 0. The number of fused-ring (bicyclic) bond motifs is 1. The van der Waals surface area contributed by atoms with Crippen LogP contribution in [0.3, 0.4) is 0 Å². The minimum atomic E-state index is 0.636. The zero-order valence-corrected chi connectivity index (χ0v) is 14.5. The SMILES string of the molecule is CCCCOc1ccc(CCNc2ncc3ccccc3n2)c(N)c1. The number of ether oxygens (including phenoxy) is 1. The summed E-state index contributed by atoms with van der Waals surface area (Å²) in [4.78, 5) is 8.85. The van der Waals surface area contributed by atoms with Gasteiger partial charge in [0.2, 0.25) is 5.95 Å². The fourth-order valence-electron chi connectivity index (χ4n) is 2.59. The summed E-state index contributed by atoms with van der Waals surface area (Å²) in [6.45, 7) is 3.60. The van der Waals surface area contributed by atoms with Crippen molar-refractivity contribution in [2.75, 3.05) is 24.2 Å². The third-order valence-electron chi connectivity index (χ3n) is 4.05. The molecule has 0 aliphatic rings. The molecule has 0 atom stereocenters. The summed E-state index contributed by atoms with van der Waals surface area (Å²) in [6, 6.07) is 13.9. The van der Waals surface area contributed by atoms with Gasteiger partial charge in [-0.25, -0.2) is 9.97 Å². The van der Waals surface area contributed by atoms with E-state index in [1.165, 1.54) is 0 Å². The number of hydrogen-bond acceptors (Lipinski definition) is 5. The molecule has 0 bridgehead atoms.